The number of Topliss-reactive ketones (excluding diaryl/α,β-unsaturated/α-hetero) is 1. The Balaban J connectivity index is 0.00000423. The Bertz CT molecular complexity index is 1650. The average molecular weight is 599 g/mol. The van der Waals surface area contributed by atoms with Crippen LogP contribution in [0.15, 0.2) is 91.0 Å². The highest BCUT2D eigenvalue weighted by Gasteiger charge is 2.37. The van der Waals surface area contributed by atoms with Gasteiger partial charge in [0, 0.05) is 17.7 Å². The van der Waals surface area contributed by atoms with Gasteiger partial charge in [0.25, 0.3) is 11.8 Å². The molecule has 0 aliphatic carbocycles. The second-order valence-corrected chi connectivity index (χ2v) is 10.5. The Morgan fingerprint density at radius 3 is 2.19 bits per heavy atom. The van der Waals surface area contributed by atoms with Gasteiger partial charge in [-0.25, -0.2) is 0 Å². The molecule has 0 bridgehead atoms. The number of carbonyl (C=O) groups excluding carboxylic acids is 4. The third kappa shape index (κ3) is 6.61. The van der Waals surface area contributed by atoms with Crippen molar-refractivity contribution >= 4 is 58.1 Å². The van der Waals surface area contributed by atoms with Crippen molar-refractivity contribution in [3.05, 3.63) is 108 Å². The third-order valence-corrected chi connectivity index (χ3v) is 7.80. The Morgan fingerprint density at radius 2 is 1.49 bits per heavy atom. The van der Waals surface area contributed by atoms with Crippen LogP contribution in [0.25, 0.3) is 10.8 Å². The van der Waals surface area contributed by atoms with Gasteiger partial charge in [0.15, 0.2) is 5.78 Å². The van der Waals surface area contributed by atoms with Crippen molar-refractivity contribution in [3.8, 4) is 0 Å². The molecule has 43 heavy (non-hydrogen) atoms. The lowest BCUT2D eigenvalue weighted by atomic mass is 10.0. The minimum absolute atomic E-state index is 0. The van der Waals surface area contributed by atoms with E-state index in [2.05, 4.69) is 34.9 Å². The first-order valence-corrected chi connectivity index (χ1v) is 14.1. The molecular formula is C34H35ClN4O4. The topological polar surface area (TPSA) is 98.8 Å². The lowest BCUT2D eigenvalue weighted by Gasteiger charge is -2.26. The predicted molar refractivity (Wildman–Crippen MR) is 172 cm³/mol. The van der Waals surface area contributed by atoms with E-state index in [0.29, 0.717) is 35.5 Å². The van der Waals surface area contributed by atoms with Crippen LogP contribution in [0.5, 0.6) is 0 Å². The van der Waals surface area contributed by atoms with Crippen molar-refractivity contribution in [3.63, 3.8) is 0 Å². The summed E-state index contributed by atoms with van der Waals surface area (Å²) < 4.78 is 0. The highest BCUT2D eigenvalue weighted by atomic mass is 35.5. The van der Waals surface area contributed by atoms with Gasteiger partial charge in [-0.05, 0) is 67.9 Å². The Morgan fingerprint density at radius 1 is 0.860 bits per heavy atom. The molecule has 0 spiro atoms. The normalized spacial score (nSPS) is 15.2. The van der Waals surface area contributed by atoms with Crippen LogP contribution >= 0.6 is 12.4 Å². The summed E-state index contributed by atoms with van der Waals surface area (Å²) in [5.41, 5.74) is 3.15. The number of halogens is 1. The first kappa shape index (κ1) is 31.4. The number of carbonyl (C=O) groups is 4. The van der Waals surface area contributed by atoms with E-state index in [9.17, 15) is 19.2 Å². The van der Waals surface area contributed by atoms with Crippen molar-refractivity contribution in [2.24, 2.45) is 0 Å². The fourth-order valence-electron chi connectivity index (χ4n) is 5.29. The molecule has 8 nitrogen and oxygen atoms in total. The molecule has 222 valence electrons. The molecule has 3 amide bonds. The molecule has 4 aromatic rings. The van der Waals surface area contributed by atoms with Crippen LogP contribution < -0.4 is 20.4 Å². The highest BCUT2D eigenvalue weighted by Crippen LogP contribution is 2.34. The first-order chi connectivity index (χ1) is 20.3. The Labute approximate surface area is 257 Å². The highest BCUT2D eigenvalue weighted by molar-refractivity contribution is 6.13. The number of rotatable bonds is 8. The van der Waals surface area contributed by atoms with Gasteiger partial charge >= 0.3 is 0 Å². The number of para-hydroxylation sites is 2. The molecule has 0 fully saturated rings. The van der Waals surface area contributed by atoms with Crippen molar-refractivity contribution in [2.45, 2.75) is 32.4 Å². The van der Waals surface area contributed by atoms with Crippen molar-refractivity contribution in [1.82, 2.24) is 10.6 Å². The summed E-state index contributed by atoms with van der Waals surface area (Å²) in [5.74, 6) is -1.05. The fraction of sp³-hybridized carbons (Fsp3) is 0.235. The molecule has 2 atom stereocenters. The number of fused-ring (bicyclic) bond motifs is 2. The molecule has 1 aliphatic heterocycles. The maximum Gasteiger partial charge on any atom is 0.258 e. The Kier molecular flexibility index (Phi) is 9.95. The average Bonchev–Trinajstić information content (AvgIpc) is 3.13. The third-order valence-electron chi connectivity index (χ3n) is 7.80. The van der Waals surface area contributed by atoms with Gasteiger partial charge in [0.05, 0.1) is 24.0 Å². The zero-order valence-electron chi connectivity index (χ0n) is 24.4. The van der Waals surface area contributed by atoms with Gasteiger partial charge in [-0.1, -0.05) is 66.7 Å². The van der Waals surface area contributed by atoms with Crippen LogP contribution in [0.4, 0.5) is 11.4 Å². The maximum absolute atomic E-state index is 14.2. The molecular weight excluding hydrogens is 564 g/mol. The number of likely N-dealkylation sites (N-methyl/N-ethyl adjacent to an activating group) is 1. The van der Waals surface area contributed by atoms with Crippen molar-refractivity contribution < 1.29 is 19.2 Å². The van der Waals surface area contributed by atoms with Crippen LogP contribution in [0.3, 0.4) is 0 Å². The summed E-state index contributed by atoms with van der Waals surface area (Å²) in [6.07, 6.45) is 0.579. The molecule has 5 rings (SSSR count). The van der Waals surface area contributed by atoms with Gasteiger partial charge in [-0.2, -0.15) is 0 Å². The van der Waals surface area contributed by atoms with Gasteiger partial charge in [0.2, 0.25) is 5.91 Å². The zero-order chi connectivity index (χ0) is 29.8. The van der Waals surface area contributed by atoms with Gasteiger partial charge in [-0.3, -0.25) is 19.2 Å². The van der Waals surface area contributed by atoms with E-state index in [4.69, 9.17) is 0 Å². The van der Waals surface area contributed by atoms with Gasteiger partial charge in [-0.15, -0.1) is 12.4 Å². The molecule has 2 unspecified atom stereocenters. The zero-order valence-corrected chi connectivity index (χ0v) is 25.2. The van der Waals surface area contributed by atoms with Crippen LogP contribution in [0, 0.1) is 0 Å². The molecule has 0 saturated heterocycles. The van der Waals surface area contributed by atoms with Crippen LogP contribution in [-0.2, 0) is 16.0 Å². The van der Waals surface area contributed by atoms with E-state index < -0.39 is 12.1 Å². The number of anilines is 2. The minimum atomic E-state index is -0.978. The number of ketones is 1. The summed E-state index contributed by atoms with van der Waals surface area (Å²) in [4.78, 5) is 56.1. The smallest absolute Gasteiger partial charge is 0.258 e. The molecule has 1 aliphatic rings. The summed E-state index contributed by atoms with van der Waals surface area (Å²) in [6.45, 7) is 3.49. The van der Waals surface area contributed by atoms with Crippen LogP contribution in [0.1, 0.15) is 40.1 Å². The fourth-order valence-corrected chi connectivity index (χ4v) is 5.29. The summed E-state index contributed by atoms with van der Waals surface area (Å²) in [6, 6.07) is 26.5. The van der Waals surface area contributed by atoms with E-state index in [0.717, 1.165) is 16.3 Å². The van der Waals surface area contributed by atoms with Gasteiger partial charge < -0.3 is 20.4 Å². The molecule has 2 N–H and O–H groups in total. The van der Waals surface area contributed by atoms with E-state index in [1.54, 1.807) is 48.0 Å². The van der Waals surface area contributed by atoms with Crippen molar-refractivity contribution in [2.75, 3.05) is 29.9 Å². The minimum Gasteiger partial charge on any atom is -0.341 e. The monoisotopic (exact) mass is 598 g/mol. The number of hydrogen-bond donors (Lipinski definition) is 2. The number of benzene rings is 4. The number of nitrogens with zero attached hydrogens (tertiary/aromatic N) is 2. The second-order valence-electron chi connectivity index (χ2n) is 10.5. The summed E-state index contributed by atoms with van der Waals surface area (Å²) >= 11 is 0. The van der Waals surface area contributed by atoms with Gasteiger partial charge in [0.1, 0.15) is 6.04 Å². The SMILES string of the molecule is CNC(C)C(=O)NC1CN(C(=O)c2ccc(C(C)=O)cc2)c2ccccc2N(CCc2cccc3ccccc23)C1=O.Cl. The van der Waals surface area contributed by atoms with Crippen molar-refractivity contribution in [1.29, 1.82) is 0 Å². The first-order valence-electron chi connectivity index (χ1n) is 14.1. The van der Waals surface area contributed by atoms with E-state index >= 15 is 0 Å². The van der Waals surface area contributed by atoms with E-state index in [1.165, 1.54) is 6.92 Å². The summed E-state index contributed by atoms with van der Waals surface area (Å²) in [5, 5.41) is 8.03. The maximum atomic E-state index is 14.2. The van der Waals surface area contributed by atoms with Crippen LogP contribution in [0.2, 0.25) is 0 Å². The van der Waals surface area contributed by atoms with Crippen LogP contribution in [-0.4, -0.2) is 55.7 Å². The lowest BCUT2D eigenvalue weighted by molar-refractivity contribution is -0.128. The Hall–Kier alpha value is -4.53. The molecule has 4 aromatic carbocycles. The molecule has 0 radical (unpaired) electrons. The molecule has 1 heterocycles. The van der Waals surface area contributed by atoms with E-state index in [1.807, 2.05) is 42.5 Å². The van der Waals surface area contributed by atoms with E-state index in [-0.39, 0.29) is 42.5 Å². The largest absolute Gasteiger partial charge is 0.341 e. The number of amides is 3. The molecule has 9 heteroatoms. The number of nitrogens with one attached hydrogen (secondary N) is 2. The quantitative estimate of drug-likeness (QED) is 0.284. The lowest BCUT2D eigenvalue weighted by Crippen LogP contribution is -2.56. The second kappa shape index (κ2) is 13.6. The number of hydrogen-bond acceptors (Lipinski definition) is 5. The predicted octanol–water partition coefficient (Wildman–Crippen LogP) is 4.79. The molecule has 0 saturated carbocycles. The summed E-state index contributed by atoms with van der Waals surface area (Å²) in [7, 11) is 1.67. The standard InChI is InChI=1S/C34H34N4O4.ClH/c1-22(35-3)32(40)36-29-21-38(33(41)27-17-15-24(16-18-27)23(2)39)31-14-7-6-13-30(31)37(34(29)42)20-19-26-11-8-10-25-9-4-5-12-28(25)26;/h4-18,22,29,35H,19-21H2,1-3H3,(H,36,40);1H. The molecule has 0 aromatic heterocycles.